The molecule has 0 unspecified atom stereocenters. The van der Waals surface area contributed by atoms with E-state index in [-0.39, 0.29) is 12.2 Å². The van der Waals surface area contributed by atoms with Crippen LogP contribution in [-0.2, 0) is 17.8 Å². The highest BCUT2D eigenvalue weighted by Crippen LogP contribution is 2.23. The van der Waals surface area contributed by atoms with Crippen molar-refractivity contribution in [3.8, 4) is 0 Å². The average Bonchev–Trinajstić information content (AvgIpc) is 2.37. The number of hydrogen-bond donors (Lipinski definition) is 1. The number of morpholine rings is 1. The van der Waals surface area contributed by atoms with Crippen molar-refractivity contribution >= 4 is 5.82 Å². The highest BCUT2D eigenvalue weighted by atomic mass is 16.5. The lowest BCUT2D eigenvalue weighted by molar-refractivity contribution is -0.0279. The summed E-state index contributed by atoms with van der Waals surface area (Å²) in [5.41, 5.74) is 1.82. The molecule has 0 aromatic carbocycles. The van der Waals surface area contributed by atoms with E-state index in [1.54, 1.807) is 0 Å². The molecule has 0 amide bonds. The van der Waals surface area contributed by atoms with E-state index in [4.69, 9.17) is 4.74 Å². The van der Waals surface area contributed by atoms with Crippen molar-refractivity contribution in [3.63, 3.8) is 0 Å². The third kappa shape index (κ3) is 3.00. The molecule has 0 spiro atoms. The Labute approximate surface area is 109 Å². The minimum absolute atomic E-state index is 0.0657. The maximum absolute atomic E-state index is 9.31. The second-order valence-corrected chi connectivity index (χ2v) is 5.37. The lowest BCUT2D eigenvalue weighted by atomic mass is 10.1. The number of rotatable bonds is 3. The summed E-state index contributed by atoms with van der Waals surface area (Å²) in [5.74, 6) is 0.953. The number of ether oxygens (including phenoxy) is 1. The molecule has 0 bridgehead atoms. The minimum Gasteiger partial charge on any atom is -0.392 e. The molecular weight excluding hydrogens is 228 g/mol. The van der Waals surface area contributed by atoms with Gasteiger partial charge in [-0.05, 0) is 38.0 Å². The van der Waals surface area contributed by atoms with Gasteiger partial charge in [-0.25, -0.2) is 4.98 Å². The lowest BCUT2D eigenvalue weighted by Gasteiger charge is -2.39. The molecule has 0 aliphatic carbocycles. The predicted molar refractivity (Wildman–Crippen MR) is 71.8 cm³/mol. The Morgan fingerprint density at radius 1 is 1.44 bits per heavy atom. The Hall–Kier alpha value is -1.13. The molecule has 0 atom stereocenters. The van der Waals surface area contributed by atoms with Crippen molar-refractivity contribution in [1.82, 2.24) is 4.98 Å². The third-order valence-electron chi connectivity index (χ3n) is 3.22. The first-order valence-electron chi connectivity index (χ1n) is 6.53. The molecule has 100 valence electrons. The summed E-state index contributed by atoms with van der Waals surface area (Å²) in [7, 11) is 0. The van der Waals surface area contributed by atoms with E-state index in [0.29, 0.717) is 0 Å². The van der Waals surface area contributed by atoms with Gasteiger partial charge in [-0.2, -0.15) is 0 Å². The normalized spacial score (nSPS) is 19.0. The summed E-state index contributed by atoms with van der Waals surface area (Å²) >= 11 is 0. The Balaban J connectivity index is 2.26. The SMILES string of the molecule is CCc1cc(CO)cc(N2CCOC(C)(C)C2)n1. The summed E-state index contributed by atoms with van der Waals surface area (Å²) in [6.45, 7) is 8.74. The third-order valence-corrected chi connectivity index (χ3v) is 3.22. The fourth-order valence-electron chi connectivity index (χ4n) is 2.28. The van der Waals surface area contributed by atoms with Crippen LogP contribution in [0.5, 0.6) is 0 Å². The number of pyridine rings is 1. The zero-order chi connectivity index (χ0) is 13.2. The van der Waals surface area contributed by atoms with Crippen LogP contribution in [0.4, 0.5) is 5.82 Å². The Morgan fingerprint density at radius 2 is 2.22 bits per heavy atom. The van der Waals surface area contributed by atoms with Crippen LogP contribution in [0, 0.1) is 0 Å². The summed E-state index contributed by atoms with van der Waals surface area (Å²) in [4.78, 5) is 6.89. The van der Waals surface area contributed by atoms with Crippen LogP contribution < -0.4 is 4.90 Å². The Kier molecular flexibility index (Phi) is 3.88. The number of aliphatic hydroxyl groups is 1. The predicted octanol–water partition coefficient (Wildman–Crippen LogP) is 1.75. The van der Waals surface area contributed by atoms with Gasteiger partial charge in [0.1, 0.15) is 5.82 Å². The van der Waals surface area contributed by atoms with Gasteiger partial charge in [0.15, 0.2) is 0 Å². The molecular formula is C14H22N2O2. The van der Waals surface area contributed by atoms with E-state index in [0.717, 1.165) is 43.2 Å². The summed E-state index contributed by atoms with van der Waals surface area (Å²) < 4.78 is 5.71. The maximum atomic E-state index is 9.31. The fourth-order valence-corrected chi connectivity index (χ4v) is 2.28. The van der Waals surface area contributed by atoms with E-state index >= 15 is 0 Å². The van der Waals surface area contributed by atoms with Crippen molar-refractivity contribution in [3.05, 3.63) is 23.4 Å². The topological polar surface area (TPSA) is 45.6 Å². The first-order chi connectivity index (χ1) is 8.54. The van der Waals surface area contributed by atoms with Crippen LogP contribution in [-0.4, -0.2) is 35.4 Å². The Bertz CT molecular complexity index is 396. The highest BCUT2D eigenvalue weighted by molar-refractivity contribution is 5.43. The largest absolute Gasteiger partial charge is 0.392 e. The van der Waals surface area contributed by atoms with Gasteiger partial charge in [-0.3, -0.25) is 0 Å². The number of nitrogens with zero attached hydrogens (tertiary/aromatic N) is 2. The van der Waals surface area contributed by atoms with Gasteiger partial charge < -0.3 is 14.7 Å². The summed E-state index contributed by atoms with van der Waals surface area (Å²) in [6, 6.07) is 3.94. The number of hydrogen-bond acceptors (Lipinski definition) is 4. The molecule has 4 heteroatoms. The van der Waals surface area contributed by atoms with Crippen molar-refractivity contribution in [2.45, 2.75) is 39.4 Å². The first-order valence-corrected chi connectivity index (χ1v) is 6.53. The van der Waals surface area contributed by atoms with Gasteiger partial charge in [0.2, 0.25) is 0 Å². The Morgan fingerprint density at radius 3 is 2.83 bits per heavy atom. The van der Waals surface area contributed by atoms with Crippen LogP contribution >= 0.6 is 0 Å². The number of aryl methyl sites for hydroxylation is 1. The number of anilines is 1. The van der Waals surface area contributed by atoms with Gasteiger partial charge in [-0.15, -0.1) is 0 Å². The summed E-state index contributed by atoms with van der Waals surface area (Å²) in [6.07, 6.45) is 0.884. The van der Waals surface area contributed by atoms with E-state index in [1.165, 1.54) is 0 Å². The fraction of sp³-hybridized carbons (Fsp3) is 0.643. The molecule has 2 heterocycles. The lowest BCUT2D eigenvalue weighted by Crippen LogP contribution is -2.48. The van der Waals surface area contributed by atoms with Gasteiger partial charge >= 0.3 is 0 Å². The molecule has 0 saturated carbocycles. The van der Waals surface area contributed by atoms with Crippen molar-refractivity contribution in [2.75, 3.05) is 24.6 Å². The van der Waals surface area contributed by atoms with Gasteiger partial charge in [0.05, 0.1) is 18.8 Å². The van der Waals surface area contributed by atoms with Crippen LogP contribution in [0.1, 0.15) is 32.0 Å². The van der Waals surface area contributed by atoms with E-state index < -0.39 is 0 Å². The molecule has 1 N–H and O–H groups in total. The molecule has 2 rings (SSSR count). The van der Waals surface area contributed by atoms with Crippen molar-refractivity contribution in [2.24, 2.45) is 0 Å². The monoisotopic (exact) mass is 250 g/mol. The van der Waals surface area contributed by atoms with Crippen LogP contribution in [0.3, 0.4) is 0 Å². The average molecular weight is 250 g/mol. The molecule has 0 radical (unpaired) electrons. The highest BCUT2D eigenvalue weighted by Gasteiger charge is 2.28. The van der Waals surface area contributed by atoms with E-state index in [9.17, 15) is 5.11 Å². The first kappa shape index (κ1) is 13.3. The zero-order valence-electron chi connectivity index (χ0n) is 11.4. The van der Waals surface area contributed by atoms with Gasteiger partial charge in [0.25, 0.3) is 0 Å². The molecule has 4 nitrogen and oxygen atoms in total. The molecule has 18 heavy (non-hydrogen) atoms. The molecule has 1 saturated heterocycles. The van der Waals surface area contributed by atoms with Gasteiger partial charge in [0, 0.05) is 18.8 Å². The molecule has 1 aliphatic heterocycles. The second kappa shape index (κ2) is 5.24. The second-order valence-electron chi connectivity index (χ2n) is 5.37. The van der Waals surface area contributed by atoms with E-state index in [2.05, 4.69) is 30.7 Å². The van der Waals surface area contributed by atoms with E-state index in [1.807, 2.05) is 12.1 Å². The maximum Gasteiger partial charge on any atom is 0.129 e. The van der Waals surface area contributed by atoms with Crippen molar-refractivity contribution in [1.29, 1.82) is 0 Å². The van der Waals surface area contributed by atoms with Crippen molar-refractivity contribution < 1.29 is 9.84 Å². The molecule has 1 aromatic rings. The molecule has 1 aromatic heterocycles. The molecule has 1 aliphatic rings. The van der Waals surface area contributed by atoms with Crippen LogP contribution in [0.2, 0.25) is 0 Å². The smallest absolute Gasteiger partial charge is 0.129 e. The molecule has 1 fully saturated rings. The number of aromatic nitrogens is 1. The van der Waals surface area contributed by atoms with Crippen LogP contribution in [0.15, 0.2) is 12.1 Å². The summed E-state index contributed by atoms with van der Waals surface area (Å²) in [5, 5.41) is 9.31. The van der Waals surface area contributed by atoms with Gasteiger partial charge in [-0.1, -0.05) is 6.92 Å². The minimum atomic E-state index is -0.137. The van der Waals surface area contributed by atoms with Crippen LogP contribution in [0.25, 0.3) is 0 Å². The number of aliphatic hydroxyl groups excluding tert-OH is 1. The standard InChI is InChI=1S/C14H22N2O2/c1-4-12-7-11(9-17)8-13(15-12)16-5-6-18-14(2,3)10-16/h7-8,17H,4-6,9-10H2,1-3H3. The quantitative estimate of drug-likeness (QED) is 0.887. The zero-order valence-corrected chi connectivity index (χ0v) is 11.4.